The van der Waals surface area contributed by atoms with Crippen molar-refractivity contribution in [1.29, 1.82) is 0 Å². The summed E-state index contributed by atoms with van der Waals surface area (Å²) in [5, 5.41) is 0. The van der Waals surface area contributed by atoms with E-state index in [1.54, 1.807) is 0 Å². The van der Waals surface area contributed by atoms with Crippen molar-refractivity contribution in [1.82, 2.24) is 15.0 Å². The monoisotopic (exact) mass is 275 g/mol. The lowest BCUT2D eigenvalue weighted by Crippen LogP contribution is -1.95. The van der Waals surface area contributed by atoms with Gasteiger partial charge in [-0.2, -0.15) is 0 Å². The fraction of sp³-hybridized carbons (Fsp3) is 0.167. The summed E-state index contributed by atoms with van der Waals surface area (Å²) in [4.78, 5) is 13.8. The molecule has 3 aromatic rings. The molecule has 3 aromatic heterocycles. The molecule has 0 aliphatic heterocycles. The molecule has 104 valence electrons. The standard InChI is InChI=1S/C18H17N3/c1-12-10-17(15-8-4-6-13(2)19-15)21-18(11-12)16-9-5-7-14(3)20-16/h4-11H,1-3H3. The molecule has 3 rings (SSSR count). The average molecular weight is 275 g/mol. The van der Waals surface area contributed by atoms with Crippen molar-refractivity contribution in [2.75, 3.05) is 0 Å². The predicted molar refractivity (Wildman–Crippen MR) is 84.9 cm³/mol. The number of pyridine rings is 3. The van der Waals surface area contributed by atoms with Crippen molar-refractivity contribution >= 4 is 0 Å². The Morgan fingerprint density at radius 3 is 1.48 bits per heavy atom. The van der Waals surface area contributed by atoms with E-state index in [-0.39, 0.29) is 0 Å². The van der Waals surface area contributed by atoms with Gasteiger partial charge >= 0.3 is 0 Å². The summed E-state index contributed by atoms with van der Waals surface area (Å²) >= 11 is 0. The van der Waals surface area contributed by atoms with Crippen LogP contribution < -0.4 is 0 Å². The Morgan fingerprint density at radius 2 is 1.05 bits per heavy atom. The topological polar surface area (TPSA) is 38.7 Å². The summed E-state index contributed by atoms with van der Waals surface area (Å²) in [7, 11) is 0. The molecule has 3 heteroatoms. The van der Waals surface area contributed by atoms with E-state index in [4.69, 9.17) is 4.98 Å². The quantitative estimate of drug-likeness (QED) is 0.705. The zero-order chi connectivity index (χ0) is 14.8. The first kappa shape index (κ1) is 13.4. The van der Waals surface area contributed by atoms with Crippen molar-refractivity contribution in [3.05, 3.63) is 65.5 Å². The number of aryl methyl sites for hydroxylation is 3. The maximum absolute atomic E-state index is 4.73. The third kappa shape index (κ3) is 2.97. The number of nitrogens with zero attached hydrogens (tertiary/aromatic N) is 3. The van der Waals surface area contributed by atoms with Gasteiger partial charge in [0.05, 0.1) is 22.8 Å². The Kier molecular flexibility index (Phi) is 3.48. The number of aromatic nitrogens is 3. The van der Waals surface area contributed by atoms with E-state index in [0.717, 1.165) is 39.7 Å². The van der Waals surface area contributed by atoms with Crippen LogP contribution in [-0.4, -0.2) is 15.0 Å². The van der Waals surface area contributed by atoms with Crippen LogP contribution in [0.25, 0.3) is 22.8 Å². The smallest absolute Gasteiger partial charge is 0.0897 e. The Hall–Kier alpha value is -2.55. The Labute approximate surface area is 124 Å². The number of rotatable bonds is 2. The van der Waals surface area contributed by atoms with E-state index in [9.17, 15) is 0 Å². The van der Waals surface area contributed by atoms with Crippen LogP contribution in [-0.2, 0) is 0 Å². The summed E-state index contributed by atoms with van der Waals surface area (Å²) in [6.45, 7) is 6.05. The second-order valence-electron chi connectivity index (χ2n) is 5.24. The largest absolute Gasteiger partial charge is 0.251 e. The zero-order valence-electron chi connectivity index (χ0n) is 12.5. The van der Waals surface area contributed by atoms with Gasteiger partial charge in [-0.05, 0) is 62.7 Å². The molecule has 0 fully saturated rings. The molecular formula is C18H17N3. The Balaban J connectivity index is 2.12. The predicted octanol–water partition coefficient (Wildman–Crippen LogP) is 4.13. The van der Waals surface area contributed by atoms with Crippen LogP contribution in [0.2, 0.25) is 0 Å². The summed E-state index contributed by atoms with van der Waals surface area (Å²) in [5.74, 6) is 0. The summed E-state index contributed by atoms with van der Waals surface area (Å²) in [5.41, 5.74) is 6.70. The molecule has 3 nitrogen and oxygen atoms in total. The van der Waals surface area contributed by atoms with Gasteiger partial charge in [-0.25, -0.2) is 4.98 Å². The van der Waals surface area contributed by atoms with Gasteiger partial charge < -0.3 is 0 Å². The molecule has 0 bridgehead atoms. The zero-order valence-corrected chi connectivity index (χ0v) is 12.5. The first-order valence-electron chi connectivity index (χ1n) is 6.98. The Morgan fingerprint density at radius 1 is 0.571 bits per heavy atom. The molecule has 0 N–H and O–H groups in total. The van der Waals surface area contributed by atoms with Crippen LogP contribution in [0.3, 0.4) is 0 Å². The molecule has 0 amide bonds. The second kappa shape index (κ2) is 5.44. The molecule has 0 atom stereocenters. The number of hydrogen-bond donors (Lipinski definition) is 0. The lowest BCUT2D eigenvalue weighted by Gasteiger charge is -2.07. The van der Waals surface area contributed by atoms with Crippen molar-refractivity contribution < 1.29 is 0 Å². The van der Waals surface area contributed by atoms with Gasteiger partial charge in [-0.1, -0.05) is 12.1 Å². The molecule has 0 saturated heterocycles. The van der Waals surface area contributed by atoms with E-state index in [1.807, 2.05) is 50.2 Å². The molecule has 0 aromatic carbocycles. The van der Waals surface area contributed by atoms with E-state index in [1.165, 1.54) is 0 Å². The molecule has 21 heavy (non-hydrogen) atoms. The van der Waals surface area contributed by atoms with Gasteiger partial charge in [0, 0.05) is 11.4 Å². The first-order valence-corrected chi connectivity index (χ1v) is 6.98. The third-order valence-corrected chi connectivity index (χ3v) is 3.27. The molecule has 0 saturated carbocycles. The van der Waals surface area contributed by atoms with Crippen LogP contribution in [0.5, 0.6) is 0 Å². The van der Waals surface area contributed by atoms with Crippen LogP contribution in [0, 0.1) is 20.8 Å². The molecule has 0 spiro atoms. The molecule has 0 radical (unpaired) electrons. The van der Waals surface area contributed by atoms with E-state index in [0.29, 0.717) is 0 Å². The van der Waals surface area contributed by atoms with Crippen molar-refractivity contribution in [2.24, 2.45) is 0 Å². The number of hydrogen-bond acceptors (Lipinski definition) is 3. The molecule has 0 unspecified atom stereocenters. The minimum Gasteiger partial charge on any atom is -0.251 e. The summed E-state index contributed by atoms with van der Waals surface area (Å²) in [6, 6.07) is 16.1. The highest BCUT2D eigenvalue weighted by Crippen LogP contribution is 2.22. The summed E-state index contributed by atoms with van der Waals surface area (Å²) in [6.07, 6.45) is 0. The van der Waals surface area contributed by atoms with E-state index < -0.39 is 0 Å². The van der Waals surface area contributed by atoms with Crippen molar-refractivity contribution in [3.8, 4) is 22.8 Å². The normalized spacial score (nSPS) is 10.6. The third-order valence-electron chi connectivity index (χ3n) is 3.27. The fourth-order valence-electron chi connectivity index (χ4n) is 2.30. The minimum atomic E-state index is 0.886. The summed E-state index contributed by atoms with van der Waals surface area (Å²) < 4.78 is 0. The molecule has 3 heterocycles. The van der Waals surface area contributed by atoms with Gasteiger partial charge in [0.15, 0.2) is 0 Å². The van der Waals surface area contributed by atoms with Crippen LogP contribution >= 0.6 is 0 Å². The van der Waals surface area contributed by atoms with E-state index in [2.05, 4.69) is 29.0 Å². The highest BCUT2D eigenvalue weighted by atomic mass is 14.8. The first-order chi connectivity index (χ1) is 10.1. The fourth-order valence-corrected chi connectivity index (χ4v) is 2.30. The average Bonchev–Trinajstić information content (AvgIpc) is 2.46. The van der Waals surface area contributed by atoms with Gasteiger partial charge in [-0.15, -0.1) is 0 Å². The SMILES string of the molecule is Cc1cc(-c2cccc(C)n2)nc(-c2cccc(C)n2)c1. The second-order valence-corrected chi connectivity index (χ2v) is 5.24. The minimum absolute atomic E-state index is 0.886. The van der Waals surface area contributed by atoms with Gasteiger partial charge in [0.25, 0.3) is 0 Å². The van der Waals surface area contributed by atoms with Crippen molar-refractivity contribution in [2.45, 2.75) is 20.8 Å². The van der Waals surface area contributed by atoms with Crippen molar-refractivity contribution in [3.63, 3.8) is 0 Å². The van der Waals surface area contributed by atoms with Crippen LogP contribution in [0.4, 0.5) is 0 Å². The maximum atomic E-state index is 4.73. The molecule has 0 aliphatic carbocycles. The van der Waals surface area contributed by atoms with Crippen LogP contribution in [0.15, 0.2) is 48.5 Å². The van der Waals surface area contributed by atoms with Gasteiger partial charge in [-0.3, -0.25) is 9.97 Å². The highest BCUT2D eigenvalue weighted by Gasteiger charge is 2.07. The lowest BCUT2D eigenvalue weighted by molar-refractivity contribution is 1.15. The highest BCUT2D eigenvalue weighted by molar-refractivity contribution is 5.63. The molecule has 0 aliphatic rings. The van der Waals surface area contributed by atoms with E-state index >= 15 is 0 Å². The maximum Gasteiger partial charge on any atom is 0.0897 e. The van der Waals surface area contributed by atoms with Crippen LogP contribution in [0.1, 0.15) is 17.0 Å². The lowest BCUT2D eigenvalue weighted by atomic mass is 10.1. The Bertz CT molecular complexity index is 730. The molecular weight excluding hydrogens is 258 g/mol. The van der Waals surface area contributed by atoms with Gasteiger partial charge in [0.1, 0.15) is 0 Å². The van der Waals surface area contributed by atoms with Gasteiger partial charge in [0.2, 0.25) is 0 Å².